The number of nitrogens with zero attached hydrogens (tertiary/aromatic N) is 5. The summed E-state index contributed by atoms with van der Waals surface area (Å²) in [6.45, 7) is 4.83. The van der Waals surface area contributed by atoms with Crippen molar-refractivity contribution in [3.63, 3.8) is 0 Å². The van der Waals surface area contributed by atoms with E-state index in [9.17, 15) is 0 Å². The van der Waals surface area contributed by atoms with Gasteiger partial charge in [0.2, 0.25) is 0 Å². The first-order valence-electron chi connectivity index (χ1n) is 6.56. The van der Waals surface area contributed by atoms with Gasteiger partial charge in [0.15, 0.2) is 5.65 Å². The number of fused-ring (bicyclic) bond motifs is 1. The number of anilines is 1. The summed E-state index contributed by atoms with van der Waals surface area (Å²) in [5, 5.41) is 8.70. The van der Waals surface area contributed by atoms with Gasteiger partial charge in [-0.25, -0.2) is 19.6 Å². The molecule has 3 aromatic heterocycles. The van der Waals surface area contributed by atoms with Gasteiger partial charge >= 0.3 is 0 Å². The van der Waals surface area contributed by atoms with Gasteiger partial charge in [0, 0.05) is 17.6 Å². The van der Waals surface area contributed by atoms with Gasteiger partial charge in [0.1, 0.15) is 6.33 Å². The van der Waals surface area contributed by atoms with Crippen LogP contribution in [-0.4, -0.2) is 24.7 Å². The van der Waals surface area contributed by atoms with Crippen LogP contribution in [0, 0.1) is 0 Å². The summed E-state index contributed by atoms with van der Waals surface area (Å²) in [6.07, 6.45) is 6.95. The summed E-state index contributed by atoms with van der Waals surface area (Å²) in [6, 6.07) is 4.24. The van der Waals surface area contributed by atoms with E-state index in [1.165, 1.54) is 0 Å². The second kappa shape index (κ2) is 5.24. The molecule has 0 spiro atoms. The SMILES string of the molecule is CC(C)n1ncc2cc(NCc3ccncn3)cnc21. The van der Waals surface area contributed by atoms with Crippen molar-refractivity contribution in [1.82, 2.24) is 24.7 Å². The molecule has 3 rings (SSSR count). The molecule has 0 fully saturated rings. The van der Waals surface area contributed by atoms with Crippen molar-refractivity contribution in [2.24, 2.45) is 0 Å². The molecule has 20 heavy (non-hydrogen) atoms. The van der Waals surface area contributed by atoms with E-state index in [0.717, 1.165) is 22.4 Å². The molecule has 0 saturated carbocycles. The Balaban J connectivity index is 1.80. The molecule has 0 aromatic carbocycles. The van der Waals surface area contributed by atoms with Gasteiger partial charge in [0.05, 0.1) is 30.3 Å². The average molecular weight is 268 g/mol. The lowest BCUT2D eigenvalue weighted by Gasteiger charge is -2.08. The second-order valence-corrected chi connectivity index (χ2v) is 4.87. The van der Waals surface area contributed by atoms with Crippen LogP contribution >= 0.6 is 0 Å². The number of aromatic nitrogens is 5. The zero-order valence-electron chi connectivity index (χ0n) is 11.5. The maximum atomic E-state index is 4.48. The zero-order chi connectivity index (χ0) is 13.9. The smallest absolute Gasteiger partial charge is 0.158 e. The molecule has 102 valence electrons. The standard InChI is InChI=1S/C14H16N6/c1-10(2)20-14-11(6-19-20)5-13(8-17-14)16-7-12-3-4-15-9-18-12/h3-6,8-10,16H,7H2,1-2H3. The van der Waals surface area contributed by atoms with Crippen LogP contribution in [0.15, 0.2) is 37.1 Å². The minimum atomic E-state index is 0.305. The zero-order valence-corrected chi connectivity index (χ0v) is 11.5. The van der Waals surface area contributed by atoms with E-state index in [4.69, 9.17) is 0 Å². The maximum absolute atomic E-state index is 4.48. The van der Waals surface area contributed by atoms with Crippen molar-refractivity contribution in [3.05, 3.63) is 42.7 Å². The van der Waals surface area contributed by atoms with Crippen LogP contribution in [-0.2, 0) is 6.54 Å². The Bertz CT molecular complexity index is 704. The highest BCUT2D eigenvalue weighted by molar-refractivity contribution is 5.78. The Hall–Kier alpha value is -2.50. The molecule has 3 aromatic rings. The quantitative estimate of drug-likeness (QED) is 0.787. The van der Waals surface area contributed by atoms with E-state index < -0.39 is 0 Å². The maximum Gasteiger partial charge on any atom is 0.158 e. The number of hydrogen-bond donors (Lipinski definition) is 1. The molecule has 0 aliphatic heterocycles. The molecule has 0 bridgehead atoms. The third kappa shape index (κ3) is 2.45. The molecule has 0 atom stereocenters. The summed E-state index contributed by atoms with van der Waals surface area (Å²) in [4.78, 5) is 12.6. The van der Waals surface area contributed by atoms with Crippen molar-refractivity contribution in [1.29, 1.82) is 0 Å². The van der Waals surface area contributed by atoms with Crippen LogP contribution in [0.25, 0.3) is 11.0 Å². The second-order valence-electron chi connectivity index (χ2n) is 4.87. The highest BCUT2D eigenvalue weighted by atomic mass is 15.3. The van der Waals surface area contributed by atoms with Gasteiger partial charge in [-0.05, 0) is 26.0 Å². The first-order valence-corrected chi connectivity index (χ1v) is 6.56. The number of nitrogens with one attached hydrogen (secondary N) is 1. The lowest BCUT2D eigenvalue weighted by atomic mass is 10.3. The minimum absolute atomic E-state index is 0.305. The molecule has 3 heterocycles. The molecular weight excluding hydrogens is 252 g/mol. The van der Waals surface area contributed by atoms with E-state index in [1.807, 2.05) is 23.1 Å². The van der Waals surface area contributed by atoms with Crippen LogP contribution in [0.2, 0.25) is 0 Å². The fraction of sp³-hybridized carbons (Fsp3) is 0.286. The first kappa shape index (κ1) is 12.5. The van der Waals surface area contributed by atoms with Gasteiger partial charge in [-0.3, -0.25) is 0 Å². The molecule has 0 unspecified atom stereocenters. The fourth-order valence-corrected chi connectivity index (χ4v) is 2.03. The Kier molecular flexibility index (Phi) is 3.28. The summed E-state index contributed by atoms with van der Waals surface area (Å²) in [5.41, 5.74) is 2.81. The number of rotatable bonds is 4. The molecule has 0 amide bonds. The van der Waals surface area contributed by atoms with E-state index in [0.29, 0.717) is 12.6 Å². The molecule has 6 heteroatoms. The predicted molar refractivity (Wildman–Crippen MR) is 77.3 cm³/mol. The summed E-state index contributed by atoms with van der Waals surface area (Å²) in [5.74, 6) is 0. The van der Waals surface area contributed by atoms with Crippen LogP contribution < -0.4 is 5.32 Å². The van der Waals surface area contributed by atoms with Crippen LogP contribution in [0.3, 0.4) is 0 Å². The Labute approximate surface area is 116 Å². The third-order valence-corrected chi connectivity index (χ3v) is 3.04. The van der Waals surface area contributed by atoms with Crippen molar-refractivity contribution in [2.45, 2.75) is 26.4 Å². The van der Waals surface area contributed by atoms with E-state index in [1.54, 1.807) is 12.5 Å². The lowest BCUT2D eigenvalue weighted by Crippen LogP contribution is -2.04. The Morgan fingerprint density at radius 3 is 2.90 bits per heavy atom. The predicted octanol–water partition coefficient (Wildman–Crippen LogP) is 2.41. The molecular formula is C14H16N6. The summed E-state index contributed by atoms with van der Waals surface area (Å²) >= 11 is 0. The topological polar surface area (TPSA) is 68.5 Å². The third-order valence-electron chi connectivity index (χ3n) is 3.04. The van der Waals surface area contributed by atoms with Crippen LogP contribution in [0.4, 0.5) is 5.69 Å². The van der Waals surface area contributed by atoms with E-state index >= 15 is 0 Å². The summed E-state index contributed by atoms with van der Waals surface area (Å²) < 4.78 is 1.92. The molecule has 0 saturated heterocycles. The van der Waals surface area contributed by atoms with Gasteiger partial charge in [0.25, 0.3) is 0 Å². The number of hydrogen-bond acceptors (Lipinski definition) is 5. The van der Waals surface area contributed by atoms with Crippen molar-refractivity contribution in [3.8, 4) is 0 Å². The molecule has 0 aliphatic carbocycles. The molecule has 0 aliphatic rings. The monoisotopic (exact) mass is 268 g/mol. The van der Waals surface area contributed by atoms with Gasteiger partial charge in [-0.1, -0.05) is 0 Å². The molecule has 6 nitrogen and oxygen atoms in total. The number of pyridine rings is 1. The first-order chi connectivity index (χ1) is 9.74. The van der Waals surface area contributed by atoms with E-state index in [2.05, 4.69) is 45.3 Å². The fourth-order valence-electron chi connectivity index (χ4n) is 2.03. The van der Waals surface area contributed by atoms with Crippen molar-refractivity contribution in [2.75, 3.05) is 5.32 Å². The Morgan fingerprint density at radius 2 is 2.15 bits per heavy atom. The highest BCUT2D eigenvalue weighted by Crippen LogP contribution is 2.19. The van der Waals surface area contributed by atoms with Gasteiger partial charge in [-0.15, -0.1) is 0 Å². The molecule has 0 radical (unpaired) electrons. The van der Waals surface area contributed by atoms with Gasteiger partial charge < -0.3 is 5.32 Å². The lowest BCUT2D eigenvalue weighted by molar-refractivity contribution is 0.546. The van der Waals surface area contributed by atoms with Crippen molar-refractivity contribution < 1.29 is 0 Å². The van der Waals surface area contributed by atoms with Gasteiger partial charge in [-0.2, -0.15) is 5.10 Å². The Morgan fingerprint density at radius 1 is 1.25 bits per heavy atom. The normalized spacial score (nSPS) is 11.2. The van der Waals surface area contributed by atoms with Crippen molar-refractivity contribution >= 4 is 16.7 Å². The van der Waals surface area contributed by atoms with E-state index in [-0.39, 0.29) is 0 Å². The highest BCUT2D eigenvalue weighted by Gasteiger charge is 2.07. The largest absolute Gasteiger partial charge is 0.378 e. The molecule has 1 N–H and O–H groups in total. The van der Waals surface area contributed by atoms with Crippen LogP contribution in [0.1, 0.15) is 25.6 Å². The minimum Gasteiger partial charge on any atom is -0.378 e. The average Bonchev–Trinajstić information content (AvgIpc) is 2.89. The van der Waals surface area contributed by atoms with Crippen LogP contribution in [0.5, 0.6) is 0 Å². The summed E-state index contributed by atoms with van der Waals surface area (Å²) in [7, 11) is 0.